The topological polar surface area (TPSA) is 75.4 Å². The lowest BCUT2D eigenvalue weighted by Crippen LogP contribution is -2.02. The standard InChI is InChI=1S/C16H16N2O3/c1-11(19)15-4-3-14(20-2)8-16(15)21-10-12-5-6-18-13(7-12)9-17/h3-8,11,19H,10H2,1-2H3. The SMILES string of the molecule is COc1ccc(C(C)O)c(OCc2ccnc(C#N)c2)c1. The molecule has 5 nitrogen and oxygen atoms in total. The van der Waals surface area contributed by atoms with Crippen molar-refractivity contribution < 1.29 is 14.6 Å². The van der Waals surface area contributed by atoms with Gasteiger partial charge < -0.3 is 14.6 Å². The molecule has 0 aliphatic heterocycles. The molecule has 21 heavy (non-hydrogen) atoms. The third-order valence-corrected chi connectivity index (χ3v) is 3.00. The molecule has 0 aliphatic rings. The first-order valence-electron chi connectivity index (χ1n) is 6.48. The summed E-state index contributed by atoms with van der Waals surface area (Å²) >= 11 is 0. The van der Waals surface area contributed by atoms with Crippen LogP contribution in [0.25, 0.3) is 0 Å². The average molecular weight is 284 g/mol. The summed E-state index contributed by atoms with van der Waals surface area (Å²) in [5.74, 6) is 1.21. The van der Waals surface area contributed by atoms with E-state index in [2.05, 4.69) is 4.98 Å². The highest BCUT2D eigenvalue weighted by molar-refractivity contribution is 5.42. The predicted octanol–water partition coefficient (Wildman–Crippen LogP) is 2.59. The number of ether oxygens (including phenoxy) is 2. The van der Waals surface area contributed by atoms with Crippen molar-refractivity contribution in [2.24, 2.45) is 0 Å². The summed E-state index contributed by atoms with van der Waals surface area (Å²) in [7, 11) is 1.57. The van der Waals surface area contributed by atoms with Gasteiger partial charge >= 0.3 is 0 Å². The van der Waals surface area contributed by atoms with Crippen LogP contribution >= 0.6 is 0 Å². The molecule has 0 spiro atoms. The molecule has 1 aromatic carbocycles. The first kappa shape index (κ1) is 14.8. The van der Waals surface area contributed by atoms with Crippen LogP contribution in [-0.2, 0) is 6.61 Å². The maximum atomic E-state index is 9.77. The van der Waals surface area contributed by atoms with Gasteiger partial charge in [-0.25, -0.2) is 4.98 Å². The maximum Gasteiger partial charge on any atom is 0.140 e. The third-order valence-electron chi connectivity index (χ3n) is 3.00. The first-order valence-corrected chi connectivity index (χ1v) is 6.48. The maximum absolute atomic E-state index is 9.77. The van der Waals surface area contributed by atoms with Crippen LogP contribution in [0.1, 0.15) is 29.8 Å². The molecule has 1 atom stereocenters. The Morgan fingerprint density at radius 3 is 2.81 bits per heavy atom. The van der Waals surface area contributed by atoms with Crippen LogP contribution in [0.4, 0.5) is 0 Å². The van der Waals surface area contributed by atoms with Gasteiger partial charge in [-0.05, 0) is 36.8 Å². The van der Waals surface area contributed by atoms with E-state index in [0.717, 1.165) is 5.56 Å². The molecule has 1 aromatic heterocycles. The number of nitriles is 1. The molecular formula is C16H16N2O3. The van der Waals surface area contributed by atoms with Gasteiger partial charge in [-0.1, -0.05) is 0 Å². The van der Waals surface area contributed by atoms with Crippen molar-refractivity contribution in [1.82, 2.24) is 4.98 Å². The van der Waals surface area contributed by atoms with E-state index in [4.69, 9.17) is 14.7 Å². The second-order valence-corrected chi connectivity index (χ2v) is 4.53. The lowest BCUT2D eigenvalue weighted by molar-refractivity contribution is 0.190. The Morgan fingerprint density at radius 2 is 2.14 bits per heavy atom. The molecule has 0 bridgehead atoms. The van der Waals surface area contributed by atoms with Crippen LogP contribution in [-0.4, -0.2) is 17.2 Å². The van der Waals surface area contributed by atoms with E-state index in [9.17, 15) is 5.11 Å². The predicted molar refractivity (Wildman–Crippen MR) is 76.9 cm³/mol. The van der Waals surface area contributed by atoms with Gasteiger partial charge in [0.2, 0.25) is 0 Å². The van der Waals surface area contributed by atoms with Crippen LogP contribution in [0.15, 0.2) is 36.5 Å². The van der Waals surface area contributed by atoms with Gasteiger partial charge in [-0.15, -0.1) is 0 Å². The molecule has 0 radical (unpaired) electrons. The van der Waals surface area contributed by atoms with E-state index in [0.29, 0.717) is 22.8 Å². The third kappa shape index (κ3) is 3.71. The number of pyridine rings is 1. The lowest BCUT2D eigenvalue weighted by atomic mass is 10.1. The number of methoxy groups -OCH3 is 1. The molecular weight excluding hydrogens is 268 g/mol. The van der Waals surface area contributed by atoms with Crippen molar-refractivity contribution in [1.29, 1.82) is 5.26 Å². The smallest absolute Gasteiger partial charge is 0.140 e. The van der Waals surface area contributed by atoms with E-state index >= 15 is 0 Å². The van der Waals surface area contributed by atoms with Gasteiger partial charge in [0.25, 0.3) is 0 Å². The van der Waals surface area contributed by atoms with Crippen LogP contribution in [0.2, 0.25) is 0 Å². The zero-order chi connectivity index (χ0) is 15.2. The van der Waals surface area contributed by atoms with Crippen molar-refractivity contribution in [2.75, 3.05) is 7.11 Å². The highest BCUT2D eigenvalue weighted by Crippen LogP contribution is 2.30. The minimum atomic E-state index is -0.641. The van der Waals surface area contributed by atoms with Gasteiger partial charge in [0, 0.05) is 17.8 Å². The Bertz CT molecular complexity index is 663. The molecule has 1 unspecified atom stereocenters. The lowest BCUT2D eigenvalue weighted by Gasteiger charge is -2.14. The quantitative estimate of drug-likeness (QED) is 0.913. The Hall–Kier alpha value is -2.58. The van der Waals surface area contributed by atoms with E-state index in [-0.39, 0.29) is 6.61 Å². The number of nitrogens with zero attached hydrogens (tertiary/aromatic N) is 2. The molecule has 108 valence electrons. The summed E-state index contributed by atoms with van der Waals surface area (Å²) < 4.78 is 10.9. The minimum Gasteiger partial charge on any atom is -0.497 e. The van der Waals surface area contributed by atoms with Gasteiger partial charge in [-0.3, -0.25) is 0 Å². The van der Waals surface area contributed by atoms with Crippen molar-refractivity contribution in [3.63, 3.8) is 0 Å². The van der Waals surface area contributed by atoms with Crippen LogP contribution < -0.4 is 9.47 Å². The van der Waals surface area contributed by atoms with Crippen molar-refractivity contribution in [3.05, 3.63) is 53.3 Å². The number of hydrogen-bond acceptors (Lipinski definition) is 5. The average Bonchev–Trinajstić information content (AvgIpc) is 2.52. The fourth-order valence-corrected chi connectivity index (χ4v) is 1.90. The Labute approximate surface area is 123 Å². The number of aromatic nitrogens is 1. The number of benzene rings is 1. The Kier molecular flexibility index (Phi) is 4.75. The first-order chi connectivity index (χ1) is 10.1. The molecule has 2 rings (SSSR count). The van der Waals surface area contributed by atoms with Crippen molar-refractivity contribution >= 4 is 0 Å². The Morgan fingerprint density at radius 1 is 1.33 bits per heavy atom. The Balaban J connectivity index is 2.20. The molecule has 1 N–H and O–H groups in total. The zero-order valence-electron chi connectivity index (χ0n) is 11.9. The van der Waals surface area contributed by atoms with Crippen molar-refractivity contribution in [3.8, 4) is 17.6 Å². The summed E-state index contributed by atoms with van der Waals surface area (Å²) in [6.45, 7) is 1.96. The number of aliphatic hydroxyl groups is 1. The molecule has 5 heteroatoms. The van der Waals surface area contributed by atoms with Crippen molar-refractivity contribution in [2.45, 2.75) is 19.6 Å². The summed E-state index contributed by atoms with van der Waals surface area (Å²) in [4.78, 5) is 3.91. The van der Waals surface area contributed by atoms with Crippen LogP contribution in [0, 0.1) is 11.3 Å². The molecule has 0 aliphatic carbocycles. The second kappa shape index (κ2) is 6.73. The largest absolute Gasteiger partial charge is 0.497 e. The minimum absolute atomic E-state index is 0.282. The number of hydrogen-bond donors (Lipinski definition) is 1. The van der Waals surface area contributed by atoms with Gasteiger partial charge in [0.1, 0.15) is 29.9 Å². The number of rotatable bonds is 5. The molecule has 0 amide bonds. The zero-order valence-corrected chi connectivity index (χ0v) is 11.9. The second-order valence-electron chi connectivity index (χ2n) is 4.53. The fraction of sp³-hybridized carbons (Fsp3) is 0.250. The van der Waals surface area contributed by atoms with Gasteiger partial charge in [0.15, 0.2) is 0 Å². The highest BCUT2D eigenvalue weighted by Gasteiger charge is 2.11. The van der Waals surface area contributed by atoms with Gasteiger partial charge in [0.05, 0.1) is 13.2 Å². The summed E-state index contributed by atoms with van der Waals surface area (Å²) in [6, 6.07) is 10.7. The molecule has 2 aromatic rings. The van der Waals surface area contributed by atoms with E-state index in [1.165, 1.54) is 0 Å². The summed E-state index contributed by atoms with van der Waals surface area (Å²) in [5, 5.41) is 18.6. The molecule has 0 saturated carbocycles. The van der Waals surface area contributed by atoms with Gasteiger partial charge in [-0.2, -0.15) is 5.26 Å². The molecule has 1 heterocycles. The van der Waals surface area contributed by atoms with E-state index in [1.54, 1.807) is 50.6 Å². The van der Waals surface area contributed by atoms with Crippen LogP contribution in [0.5, 0.6) is 11.5 Å². The summed E-state index contributed by atoms with van der Waals surface area (Å²) in [6.07, 6.45) is 0.927. The molecule has 0 fully saturated rings. The summed E-state index contributed by atoms with van der Waals surface area (Å²) in [5.41, 5.74) is 1.86. The number of aliphatic hydroxyl groups excluding tert-OH is 1. The van der Waals surface area contributed by atoms with E-state index < -0.39 is 6.10 Å². The monoisotopic (exact) mass is 284 g/mol. The molecule has 0 saturated heterocycles. The van der Waals surface area contributed by atoms with Crippen LogP contribution in [0.3, 0.4) is 0 Å². The highest BCUT2D eigenvalue weighted by atomic mass is 16.5. The fourth-order valence-electron chi connectivity index (χ4n) is 1.90. The normalized spacial score (nSPS) is 11.5. The van der Waals surface area contributed by atoms with E-state index in [1.807, 2.05) is 6.07 Å².